The van der Waals surface area contributed by atoms with Crippen LogP contribution in [0, 0.1) is 18.3 Å². The second kappa shape index (κ2) is 8.33. The van der Waals surface area contributed by atoms with Crippen molar-refractivity contribution >= 4 is 21.8 Å². The van der Waals surface area contributed by atoms with E-state index in [9.17, 15) is 18.0 Å². The van der Waals surface area contributed by atoms with Crippen LogP contribution in [0.25, 0.3) is 0 Å². The van der Waals surface area contributed by atoms with Crippen molar-refractivity contribution in [2.24, 2.45) is 5.73 Å². The zero-order valence-electron chi connectivity index (χ0n) is 15.1. The van der Waals surface area contributed by atoms with E-state index >= 15 is 0 Å². The molecule has 27 heavy (non-hydrogen) atoms. The first-order valence-electron chi connectivity index (χ1n) is 8.33. The van der Waals surface area contributed by atoms with Gasteiger partial charge in [-0.15, -0.1) is 0 Å². The fourth-order valence-corrected chi connectivity index (χ4v) is 4.43. The minimum atomic E-state index is -3.86. The lowest BCUT2D eigenvalue weighted by Crippen LogP contribution is -2.41. The maximum atomic E-state index is 12.8. The number of nitrogens with two attached hydrogens (primary N) is 1. The molecule has 0 spiro atoms. The van der Waals surface area contributed by atoms with E-state index in [1.165, 1.54) is 19.1 Å². The predicted molar refractivity (Wildman–Crippen MR) is 96.6 cm³/mol. The van der Waals surface area contributed by atoms with Gasteiger partial charge in [0.05, 0.1) is 4.90 Å². The number of hydrogen-bond donors (Lipinski definition) is 1. The Hall–Kier alpha value is -2.70. The molecule has 1 saturated heterocycles. The van der Waals surface area contributed by atoms with Gasteiger partial charge < -0.3 is 10.5 Å². The first-order chi connectivity index (χ1) is 12.7. The molecule has 0 aromatic heterocycles. The van der Waals surface area contributed by atoms with Crippen molar-refractivity contribution in [3.8, 4) is 6.07 Å². The fraction of sp³-hybridized carbons (Fsp3) is 0.389. The SMILES string of the molecule is C/C(N)=C(\C#N)C(=O)COC(=O)C1CCCN1S(=O)(=O)c1ccc(C)cc1. The van der Waals surface area contributed by atoms with E-state index in [1.807, 2.05) is 6.92 Å². The van der Waals surface area contributed by atoms with Gasteiger partial charge in [0.25, 0.3) is 0 Å². The lowest BCUT2D eigenvalue weighted by Gasteiger charge is -2.22. The number of hydrogen-bond acceptors (Lipinski definition) is 7. The first-order valence-corrected chi connectivity index (χ1v) is 9.77. The molecule has 1 aromatic rings. The van der Waals surface area contributed by atoms with E-state index in [2.05, 4.69) is 0 Å². The van der Waals surface area contributed by atoms with Crippen LogP contribution >= 0.6 is 0 Å². The Morgan fingerprint density at radius 2 is 1.96 bits per heavy atom. The van der Waals surface area contributed by atoms with Gasteiger partial charge in [-0.2, -0.15) is 9.57 Å². The zero-order chi connectivity index (χ0) is 20.2. The van der Waals surface area contributed by atoms with Crippen molar-refractivity contribution in [2.75, 3.05) is 13.2 Å². The number of carbonyl (C=O) groups excluding carboxylic acids is 2. The molecule has 1 aliphatic rings. The van der Waals surface area contributed by atoms with Crippen LogP contribution in [0.4, 0.5) is 0 Å². The number of rotatable bonds is 6. The molecule has 1 aliphatic heterocycles. The summed E-state index contributed by atoms with van der Waals surface area (Å²) in [6.07, 6.45) is 0.805. The van der Waals surface area contributed by atoms with E-state index in [0.29, 0.717) is 12.8 Å². The molecular formula is C18H21N3O5S. The summed E-state index contributed by atoms with van der Waals surface area (Å²) in [6, 6.07) is 7.00. The number of ether oxygens (including phenoxy) is 1. The van der Waals surface area contributed by atoms with Gasteiger partial charge in [-0.25, -0.2) is 8.42 Å². The van der Waals surface area contributed by atoms with E-state index < -0.39 is 34.4 Å². The lowest BCUT2D eigenvalue weighted by atomic mass is 10.1. The number of ketones is 1. The second-order valence-electron chi connectivity index (χ2n) is 6.29. The summed E-state index contributed by atoms with van der Waals surface area (Å²) in [7, 11) is -3.86. The minimum absolute atomic E-state index is 0.0305. The number of sulfonamides is 1. The van der Waals surface area contributed by atoms with Gasteiger partial charge in [-0.3, -0.25) is 9.59 Å². The fourth-order valence-electron chi connectivity index (χ4n) is 2.78. The summed E-state index contributed by atoms with van der Waals surface area (Å²) in [6.45, 7) is 2.77. The predicted octanol–water partition coefficient (Wildman–Crippen LogP) is 1.02. The molecule has 9 heteroatoms. The van der Waals surface area contributed by atoms with E-state index in [0.717, 1.165) is 9.87 Å². The van der Waals surface area contributed by atoms with Gasteiger partial charge in [-0.1, -0.05) is 17.7 Å². The molecule has 8 nitrogen and oxygen atoms in total. The maximum absolute atomic E-state index is 12.8. The van der Waals surface area contributed by atoms with Crippen molar-refractivity contribution in [1.29, 1.82) is 5.26 Å². The average molecular weight is 391 g/mol. The summed E-state index contributed by atoms with van der Waals surface area (Å²) in [5.74, 6) is -1.54. The van der Waals surface area contributed by atoms with Crippen LogP contribution in [-0.4, -0.2) is 43.7 Å². The Balaban J connectivity index is 2.12. The van der Waals surface area contributed by atoms with Gasteiger partial charge in [0.15, 0.2) is 6.61 Å². The van der Waals surface area contributed by atoms with Crippen molar-refractivity contribution in [2.45, 2.75) is 37.6 Å². The molecule has 0 aliphatic carbocycles. The Morgan fingerprint density at radius 1 is 1.33 bits per heavy atom. The summed E-state index contributed by atoms with van der Waals surface area (Å²) in [5.41, 5.74) is 6.11. The highest BCUT2D eigenvalue weighted by Crippen LogP contribution is 2.27. The third-order valence-electron chi connectivity index (χ3n) is 4.23. The summed E-state index contributed by atoms with van der Waals surface area (Å²) in [4.78, 5) is 24.4. The van der Waals surface area contributed by atoms with Crippen LogP contribution in [0.1, 0.15) is 25.3 Å². The molecule has 1 unspecified atom stereocenters. The number of aryl methyl sites for hydroxylation is 1. The largest absolute Gasteiger partial charge is 0.456 e. The summed E-state index contributed by atoms with van der Waals surface area (Å²) >= 11 is 0. The third kappa shape index (κ3) is 4.53. The lowest BCUT2D eigenvalue weighted by molar-refractivity contribution is -0.150. The molecular weight excluding hydrogens is 370 g/mol. The highest BCUT2D eigenvalue weighted by molar-refractivity contribution is 7.89. The van der Waals surface area contributed by atoms with Crippen LogP contribution in [-0.2, 0) is 24.3 Å². The third-order valence-corrected chi connectivity index (χ3v) is 6.16. The average Bonchev–Trinajstić information content (AvgIpc) is 3.11. The molecule has 0 bridgehead atoms. The highest BCUT2D eigenvalue weighted by Gasteiger charge is 2.40. The van der Waals surface area contributed by atoms with Gasteiger partial charge in [-0.05, 0) is 38.8 Å². The van der Waals surface area contributed by atoms with E-state index in [1.54, 1.807) is 18.2 Å². The molecule has 1 atom stereocenters. The van der Waals surface area contributed by atoms with Crippen molar-refractivity contribution in [1.82, 2.24) is 4.31 Å². The Kier molecular flexibility index (Phi) is 6.36. The van der Waals surface area contributed by atoms with Crippen LogP contribution in [0.15, 0.2) is 40.4 Å². The molecule has 1 aromatic carbocycles. The molecule has 0 amide bonds. The highest BCUT2D eigenvalue weighted by atomic mass is 32.2. The standard InChI is InChI=1S/C18H21N3O5S/c1-12-5-7-14(8-6-12)27(24,25)21-9-3-4-16(21)18(23)26-11-17(22)15(10-19)13(2)20/h5-8,16H,3-4,9,11,20H2,1-2H3/b15-13-. The zero-order valence-corrected chi connectivity index (χ0v) is 16.0. The molecule has 2 N–H and O–H groups in total. The van der Waals surface area contributed by atoms with E-state index in [-0.39, 0.29) is 22.7 Å². The van der Waals surface area contributed by atoms with Crippen molar-refractivity contribution < 1.29 is 22.7 Å². The number of carbonyl (C=O) groups is 2. The first kappa shape index (κ1) is 20.6. The molecule has 1 heterocycles. The number of Topliss-reactive ketones (excluding diaryl/α,β-unsaturated/α-hetero) is 1. The van der Waals surface area contributed by atoms with Crippen LogP contribution in [0.2, 0.25) is 0 Å². The van der Waals surface area contributed by atoms with Gasteiger partial charge in [0, 0.05) is 12.2 Å². The number of esters is 1. The number of nitrogens with zero attached hydrogens (tertiary/aromatic N) is 2. The number of allylic oxidation sites excluding steroid dienone is 1. The topological polar surface area (TPSA) is 131 Å². The molecule has 0 saturated carbocycles. The quantitative estimate of drug-likeness (QED) is 0.435. The van der Waals surface area contributed by atoms with Crippen molar-refractivity contribution in [3.63, 3.8) is 0 Å². The van der Waals surface area contributed by atoms with Gasteiger partial charge >= 0.3 is 5.97 Å². The maximum Gasteiger partial charge on any atom is 0.324 e. The monoisotopic (exact) mass is 391 g/mol. The Bertz CT molecular complexity index is 909. The van der Waals surface area contributed by atoms with E-state index in [4.69, 9.17) is 15.7 Å². The molecule has 1 fully saturated rings. The van der Waals surface area contributed by atoms with Crippen molar-refractivity contribution in [3.05, 3.63) is 41.1 Å². The number of benzene rings is 1. The van der Waals surface area contributed by atoms with Crippen LogP contribution in [0.5, 0.6) is 0 Å². The minimum Gasteiger partial charge on any atom is -0.456 e. The molecule has 0 radical (unpaired) electrons. The van der Waals surface area contributed by atoms with Crippen LogP contribution < -0.4 is 5.73 Å². The summed E-state index contributed by atoms with van der Waals surface area (Å²) < 4.78 is 31.7. The summed E-state index contributed by atoms with van der Waals surface area (Å²) in [5, 5.41) is 8.90. The van der Waals surface area contributed by atoms with Gasteiger partial charge in [0.1, 0.15) is 17.7 Å². The smallest absolute Gasteiger partial charge is 0.324 e. The Labute approximate surface area is 158 Å². The normalized spacial score (nSPS) is 18.5. The van der Waals surface area contributed by atoms with Crippen LogP contribution in [0.3, 0.4) is 0 Å². The number of nitriles is 1. The molecule has 2 rings (SSSR count). The molecule has 144 valence electrons. The Morgan fingerprint density at radius 3 is 2.52 bits per heavy atom. The second-order valence-corrected chi connectivity index (χ2v) is 8.18. The van der Waals surface area contributed by atoms with Gasteiger partial charge in [0.2, 0.25) is 15.8 Å².